The summed E-state index contributed by atoms with van der Waals surface area (Å²) < 4.78 is 0. The predicted molar refractivity (Wildman–Crippen MR) is 110 cm³/mol. The second kappa shape index (κ2) is 5.62. The van der Waals surface area contributed by atoms with Gasteiger partial charge in [-0.25, -0.2) is 0 Å². The minimum absolute atomic E-state index is 0.394. The van der Waals surface area contributed by atoms with Crippen molar-refractivity contribution in [2.24, 2.45) is 51.2 Å². The number of hydrogen-bond donors (Lipinski definition) is 0. The molecule has 0 aromatic carbocycles. The van der Waals surface area contributed by atoms with Crippen LogP contribution >= 0.6 is 0 Å². The number of allylic oxidation sites excluding steroid dienone is 1. The fourth-order valence-electron chi connectivity index (χ4n) is 7.96. The van der Waals surface area contributed by atoms with Gasteiger partial charge in [0.1, 0.15) is 0 Å². The summed E-state index contributed by atoms with van der Waals surface area (Å²) in [5.74, 6) is 4.21. The molecule has 3 rings (SSSR count). The Morgan fingerprint density at radius 1 is 1.12 bits per heavy atom. The molecule has 0 spiro atoms. The zero-order valence-electron chi connectivity index (χ0n) is 18.6. The SMILES string of the molecule is C=C(C(C)C(C)(C)CC1CC(C)C1)C1CC2C(C)(C)C(C)(CC)C12C. The third-order valence-electron chi connectivity index (χ3n) is 10.6. The van der Waals surface area contributed by atoms with Gasteiger partial charge in [-0.05, 0) is 83.4 Å². The lowest BCUT2D eigenvalue weighted by atomic mass is 9.22. The van der Waals surface area contributed by atoms with Gasteiger partial charge in [-0.2, -0.15) is 0 Å². The van der Waals surface area contributed by atoms with E-state index in [9.17, 15) is 0 Å². The minimum atomic E-state index is 0.394. The molecule has 3 aliphatic rings. The van der Waals surface area contributed by atoms with Gasteiger partial charge in [0.15, 0.2) is 0 Å². The maximum atomic E-state index is 4.72. The molecule has 0 N–H and O–H groups in total. The monoisotopic (exact) mass is 344 g/mol. The Bertz CT molecular complexity index is 546. The fourth-order valence-corrected chi connectivity index (χ4v) is 7.96. The number of fused-ring (bicyclic) bond motifs is 1. The van der Waals surface area contributed by atoms with E-state index < -0.39 is 0 Å². The van der Waals surface area contributed by atoms with Crippen molar-refractivity contribution in [2.75, 3.05) is 0 Å². The highest BCUT2D eigenvalue weighted by Gasteiger charge is 2.78. The van der Waals surface area contributed by atoms with Crippen molar-refractivity contribution in [3.05, 3.63) is 12.2 Å². The second-order valence-electron chi connectivity index (χ2n) is 12.0. The van der Waals surface area contributed by atoms with Crippen LogP contribution in [0, 0.1) is 51.2 Å². The molecule has 5 unspecified atom stereocenters. The fraction of sp³-hybridized carbons (Fsp3) is 0.920. The Balaban J connectivity index is 1.72. The normalized spacial score (nSPS) is 46.3. The molecule has 3 saturated carbocycles. The van der Waals surface area contributed by atoms with Crippen molar-refractivity contribution in [3.63, 3.8) is 0 Å². The van der Waals surface area contributed by atoms with Crippen molar-refractivity contribution in [3.8, 4) is 0 Å². The Morgan fingerprint density at radius 3 is 2.16 bits per heavy atom. The van der Waals surface area contributed by atoms with Crippen LogP contribution in [0.3, 0.4) is 0 Å². The van der Waals surface area contributed by atoms with Crippen LogP contribution in [0.1, 0.15) is 94.4 Å². The van der Waals surface area contributed by atoms with Crippen molar-refractivity contribution in [1.29, 1.82) is 0 Å². The third-order valence-corrected chi connectivity index (χ3v) is 10.6. The lowest BCUT2D eigenvalue weighted by Crippen LogP contribution is -2.76. The van der Waals surface area contributed by atoms with Gasteiger partial charge in [0.25, 0.3) is 0 Å². The molecule has 0 amide bonds. The molecule has 0 radical (unpaired) electrons. The highest BCUT2D eigenvalue weighted by Crippen LogP contribution is 2.84. The van der Waals surface area contributed by atoms with Crippen molar-refractivity contribution < 1.29 is 0 Å². The zero-order chi connectivity index (χ0) is 19.0. The second-order valence-corrected chi connectivity index (χ2v) is 12.0. The summed E-state index contributed by atoms with van der Waals surface area (Å²) >= 11 is 0. The quantitative estimate of drug-likeness (QED) is 0.432. The summed E-state index contributed by atoms with van der Waals surface area (Å²) in [5.41, 5.74) is 3.41. The highest BCUT2D eigenvalue weighted by atomic mass is 14.8. The van der Waals surface area contributed by atoms with Crippen LogP contribution in [-0.4, -0.2) is 0 Å². The molecular weight excluding hydrogens is 300 g/mol. The van der Waals surface area contributed by atoms with E-state index in [2.05, 4.69) is 62.3 Å². The summed E-state index contributed by atoms with van der Waals surface area (Å²) in [6.45, 7) is 27.2. The van der Waals surface area contributed by atoms with Crippen LogP contribution in [0.15, 0.2) is 12.2 Å². The summed E-state index contributed by atoms with van der Waals surface area (Å²) in [4.78, 5) is 0. The first-order chi connectivity index (χ1) is 11.3. The highest BCUT2D eigenvalue weighted by molar-refractivity contribution is 5.32. The van der Waals surface area contributed by atoms with Crippen LogP contribution in [0.5, 0.6) is 0 Å². The molecule has 3 fully saturated rings. The smallest absolute Gasteiger partial charge is 0.0138 e. The van der Waals surface area contributed by atoms with E-state index in [1.54, 1.807) is 5.57 Å². The largest absolute Gasteiger partial charge is 0.0993 e. The van der Waals surface area contributed by atoms with Crippen LogP contribution in [-0.2, 0) is 0 Å². The Hall–Kier alpha value is -0.260. The third kappa shape index (κ3) is 2.31. The van der Waals surface area contributed by atoms with Gasteiger partial charge in [0.2, 0.25) is 0 Å². The van der Waals surface area contributed by atoms with Crippen LogP contribution in [0.25, 0.3) is 0 Å². The maximum Gasteiger partial charge on any atom is -0.0138 e. The predicted octanol–water partition coefficient (Wildman–Crippen LogP) is 7.74. The van der Waals surface area contributed by atoms with E-state index in [1.165, 1.54) is 32.1 Å². The molecular formula is C25H44. The maximum absolute atomic E-state index is 4.72. The van der Waals surface area contributed by atoms with Crippen molar-refractivity contribution in [2.45, 2.75) is 94.4 Å². The van der Waals surface area contributed by atoms with Gasteiger partial charge < -0.3 is 0 Å². The molecule has 0 heterocycles. The van der Waals surface area contributed by atoms with Gasteiger partial charge in [-0.3, -0.25) is 0 Å². The summed E-state index contributed by atoms with van der Waals surface area (Å²) in [6.07, 6.45) is 6.98. The molecule has 0 aliphatic heterocycles. The molecule has 0 bridgehead atoms. The summed E-state index contributed by atoms with van der Waals surface area (Å²) in [5, 5.41) is 0. The van der Waals surface area contributed by atoms with Crippen LogP contribution < -0.4 is 0 Å². The molecule has 5 atom stereocenters. The van der Waals surface area contributed by atoms with Crippen molar-refractivity contribution in [1.82, 2.24) is 0 Å². The van der Waals surface area contributed by atoms with E-state index >= 15 is 0 Å². The van der Waals surface area contributed by atoms with Gasteiger partial charge in [0, 0.05) is 0 Å². The molecule has 0 aromatic rings. The van der Waals surface area contributed by atoms with E-state index in [0.717, 1.165) is 23.7 Å². The van der Waals surface area contributed by atoms with Crippen LogP contribution in [0.2, 0.25) is 0 Å². The molecule has 0 saturated heterocycles. The zero-order valence-corrected chi connectivity index (χ0v) is 18.6. The Morgan fingerprint density at radius 2 is 1.68 bits per heavy atom. The van der Waals surface area contributed by atoms with Gasteiger partial charge in [0.05, 0.1) is 0 Å². The summed E-state index contributed by atoms with van der Waals surface area (Å²) in [7, 11) is 0. The van der Waals surface area contributed by atoms with E-state index in [1.807, 2.05) is 0 Å². The Kier molecular flexibility index (Phi) is 4.38. The molecule has 25 heavy (non-hydrogen) atoms. The first-order valence-electron chi connectivity index (χ1n) is 11.0. The average Bonchev–Trinajstić information content (AvgIpc) is 2.48. The molecule has 0 nitrogen and oxygen atoms in total. The summed E-state index contributed by atoms with van der Waals surface area (Å²) in [6, 6.07) is 0. The molecule has 0 heteroatoms. The molecule has 3 aliphatic carbocycles. The number of hydrogen-bond acceptors (Lipinski definition) is 0. The van der Waals surface area contributed by atoms with E-state index in [4.69, 9.17) is 6.58 Å². The van der Waals surface area contributed by atoms with Crippen molar-refractivity contribution >= 4 is 0 Å². The van der Waals surface area contributed by atoms with Gasteiger partial charge in [-0.15, -0.1) is 0 Å². The Labute approximate surface area is 158 Å². The van der Waals surface area contributed by atoms with E-state index in [-0.39, 0.29) is 0 Å². The average molecular weight is 345 g/mol. The van der Waals surface area contributed by atoms with E-state index in [0.29, 0.717) is 27.6 Å². The first-order valence-corrected chi connectivity index (χ1v) is 11.0. The first kappa shape index (κ1) is 19.5. The van der Waals surface area contributed by atoms with Gasteiger partial charge in [-0.1, -0.05) is 74.5 Å². The lowest BCUT2D eigenvalue weighted by molar-refractivity contribution is -0.333. The minimum Gasteiger partial charge on any atom is -0.0993 e. The topological polar surface area (TPSA) is 0 Å². The lowest BCUT2D eigenvalue weighted by Gasteiger charge is -2.82. The molecule has 144 valence electrons. The molecule has 0 aromatic heterocycles. The number of rotatable bonds is 6. The van der Waals surface area contributed by atoms with Gasteiger partial charge >= 0.3 is 0 Å². The standard InChI is InChI=1S/C25H44/c1-11-24(9)23(7,8)21-14-20(25(21,24)10)17(3)18(4)22(5,6)15-19-12-16(2)13-19/h16,18-21H,3,11-15H2,1-2,4-10H3. The van der Waals surface area contributed by atoms with Crippen LogP contribution in [0.4, 0.5) is 0 Å².